The van der Waals surface area contributed by atoms with E-state index in [1.807, 2.05) is 38.1 Å². The second kappa shape index (κ2) is 10.7. The molecule has 1 amide bonds. The van der Waals surface area contributed by atoms with Gasteiger partial charge in [0.05, 0.1) is 6.42 Å². The van der Waals surface area contributed by atoms with Crippen LogP contribution in [0, 0.1) is 23.7 Å². The van der Waals surface area contributed by atoms with Gasteiger partial charge in [-0.05, 0) is 49.7 Å². The second-order valence-electron chi connectivity index (χ2n) is 12.3. The number of carboxylic acids is 1. The number of carbonyl (C=O) groups excluding carboxylic acids is 2. The van der Waals surface area contributed by atoms with E-state index < -0.39 is 47.9 Å². The molecule has 2 bridgehead atoms. The third-order valence-electron chi connectivity index (χ3n) is 9.63. The fourth-order valence-corrected chi connectivity index (χ4v) is 7.40. The minimum absolute atomic E-state index is 0.00651. The highest BCUT2D eigenvalue weighted by Crippen LogP contribution is 2.60. The Hall–Kier alpha value is -2.99. The molecule has 4 aliphatic heterocycles. The maximum Gasteiger partial charge on any atom is 0.326 e. The molecule has 5 heterocycles. The molecule has 3 N–H and O–H groups in total. The molecule has 1 aliphatic carbocycles. The van der Waals surface area contributed by atoms with Gasteiger partial charge in [-0.15, -0.1) is 0 Å². The fourth-order valence-electron chi connectivity index (χ4n) is 7.40. The first kappa shape index (κ1) is 28.1. The number of hydrogen-bond acceptors (Lipinski definition) is 8. The normalized spacial score (nSPS) is 36.7. The predicted octanol–water partition coefficient (Wildman–Crippen LogP) is 3.81. The Kier molecular flexibility index (Phi) is 7.34. The Labute approximate surface area is 238 Å². The highest BCUT2D eigenvalue weighted by Gasteiger charge is 2.69. The van der Waals surface area contributed by atoms with Crippen molar-refractivity contribution in [2.75, 3.05) is 0 Å². The minimum Gasteiger partial charge on any atom is -0.480 e. The Morgan fingerprint density at radius 3 is 2.73 bits per heavy atom. The summed E-state index contributed by atoms with van der Waals surface area (Å²) >= 11 is 0. The van der Waals surface area contributed by atoms with Crippen LogP contribution in [0.4, 0.5) is 0 Å². The molecule has 1 aromatic heterocycles. The Balaban J connectivity index is 1.06. The number of aromatic nitrogens is 1. The number of aliphatic carboxylic acids is 1. The van der Waals surface area contributed by atoms with Crippen molar-refractivity contribution in [1.29, 1.82) is 0 Å². The third kappa shape index (κ3) is 5.03. The zero-order valence-corrected chi connectivity index (χ0v) is 23.6. The number of hydrogen-bond donors (Lipinski definition) is 3. The summed E-state index contributed by atoms with van der Waals surface area (Å²) < 4.78 is 18.3. The smallest absolute Gasteiger partial charge is 0.326 e. The molecule has 1 spiro atoms. The summed E-state index contributed by atoms with van der Waals surface area (Å²) in [5.41, 5.74) is 0.914. The lowest BCUT2D eigenvalue weighted by atomic mass is 9.58. The Morgan fingerprint density at radius 2 is 1.93 bits per heavy atom. The number of esters is 1. The zero-order valence-electron chi connectivity index (χ0n) is 23.6. The lowest BCUT2D eigenvalue weighted by Gasteiger charge is -2.59. The first-order valence-corrected chi connectivity index (χ1v) is 14.6. The summed E-state index contributed by atoms with van der Waals surface area (Å²) in [6, 6.07) is 6.42. The maximum atomic E-state index is 12.9. The molecule has 11 heteroatoms. The molecule has 222 valence electrons. The number of H-pyrrole nitrogens is 1. The Bertz CT molecular complexity index is 1330. The summed E-state index contributed by atoms with van der Waals surface area (Å²) in [4.78, 5) is 52.5. The molecule has 5 aliphatic rings. The monoisotopic (exact) mass is 570 g/mol. The van der Waals surface area contributed by atoms with E-state index in [0.29, 0.717) is 12.3 Å². The van der Waals surface area contributed by atoms with Crippen molar-refractivity contribution < 1.29 is 43.5 Å². The first-order chi connectivity index (χ1) is 19.6. The standard InChI is InChI=1S/C30H38N2O9/c1-16-8-9-21-17(2)27(38-28-30(21)20(16)12-13-29(3,39-28)40-41-30)37-25(34)11-10-24(33)32-23(26(35)36)14-18-15-31-22-7-5-4-6-19(18)22/h4-7,15-17,20-21,23,27-28,31H,8-14H2,1-3H3,(H,32,33)(H,35,36)/t16-,17-,20+,21+,23?,27-,28-,29+,30?/m1/s1. The van der Waals surface area contributed by atoms with E-state index in [1.54, 1.807) is 6.20 Å². The summed E-state index contributed by atoms with van der Waals surface area (Å²) in [5, 5.41) is 13.2. The third-order valence-corrected chi connectivity index (χ3v) is 9.63. The van der Waals surface area contributed by atoms with Gasteiger partial charge < -0.3 is 29.6 Å². The number of benzene rings is 1. The molecule has 2 unspecified atom stereocenters. The number of aromatic amines is 1. The average Bonchev–Trinajstić information content (AvgIpc) is 3.21. The number of nitrogens with one attached hydrogen (secondary N) is 2. The van der Waals surface area contributed by atoms with E-state index in [0.717, 1.165) is 35.7 Å². The molecular formula is C30H38N2O9. The van der Waals surface area contributed by atoms with Gasteiger partial charge in [0.15, 0.2) is 11.9 Å². The van der Waals surface area contributed by atoms with Crippen LogP contribution in [-0.4, -0.2) is 57.9 Å². The van der Waals surface area contributed by atoms with E-state index in [-0.39, 0.29) is 37.0 Å². The molecule has 7 rings (SSSR count). The lowest BCUT2D eigenvalue weighted by Crippen LogP contribution is -2.70. The van der Waals surface area contributed by atoms with E-state index in [1.165, 1.54) is 0 Å². The van der Waals surface area contributed by atoms with E-state index >= 15 is 0 Å². The Morgan fingerprint density at radius 1 is 1.12 bits per heavy atom. The van der Waals surface area contributed by atoms with E-state index in [4.69, 9.17) is 24.0 Å². The van der Waals surface area contributed by atoms with Crippen molar-refractivity contribution in [1.82, 2.24) is 10.3 Å². The predicted molar refractivity (Wildman–Crippen MR) is 144 cm³/mol. The largest absolute Gasteiger partial charge is 0.480 e. The van der Waals surface area contributed by atoms with Crippen LogP contribution in [-0.2, 0) is 44.8 Å². The molecule has 5 fully saturated rings. The summed E-state index contributed by atoms with van der Waals surface area (Å²) in [7, 11) is 0. The molecule has 1 saturated carbocycles. The SMILES string of the molecule is C[C@H]1[C@H](OC(=O)CCC(=O)NC(Cc2c[nH]c3ccccc23)C(=O)O)O[C@@H]2O[C@]3(C)CC[C@H]4[C@H](C)CC[C@@H]1C24OO3. The lowest BCUT2D eigenvalue weighted by molar-refractivity contribution is -0.576. The average molecular weight is 571 g/mol. The van der Waals surface area contributed by atoms with Crippen LogP contribution < -0.4 is 5.32 Å². The van der Waals surface area contributed by atoms with Gasteiger partial charge in [-0.3, -0.25) is 9.59 Å². The van der Waals surface area contributed by atoms with E-state index in [9.17, 15) is 19.5 Å². The molecule has 9 atom stereocenters. The van der Waals surface area contributed by atoms with Crippen molar-refractivity contribution in [2.24, 2.45) is 23.7 Å². The van der Waals surface area contributed by atoms with Crippen LogP contribution in [0.5, 0.6) is 0 Å². The first-order valence-electron chi connectivity index (χ1n) is 14.6. The van der Waals surface area contributed by atoms with Gasteiger partial charge in [-0.25, -0.2) is 14.6 Å². The van der Waals surface area contributed by atoms with Crippen LogP contribution in [0.15, 0.2) is 30.5 Å². The number of amides is 1. The van der Waals surface area contributed by atoms with Gasteiger partial charge in [-0.1, -0.05) is 32.0 Å². The summed E-state index contributed by atoms with van der Waals surface area (Å²) in [6.45, 7) is 6.05. The van der Waals surface area contributed by atoms with Crippen molar-refractivity contribution in [3.05, 3.63) is 36.0 Å². The van der Waals surface area contributed by atoms with Crippen molar-refractivity contribution >= 4 is 28.7 Å². The van der Waals surface area contributed by atoms with Gasteiger partial charge >= 0.3 is 11.9 Å². The van der Waals surface area contributed by atoms with Gasteiger partial charge in [0.25, 0.3) is 0 Å². The molecular weight excluding hydrogens is 532 g/mol. The van der Waals surface area contributed by atoms with Crippen LogP contribution in [0.3, 0.4) is 0 Å². The molecule has 2 aromatic rings. The van der Waals surface area contributed by atoms with E-state index in [2.05, 4.69) is 17.2 Å². The number of ether oxygens (including phenoxy) is 3. The maximum absolute atomic E-state index is 12.9. The van der Waals surface area contributed by atoms with Gasteiger partial charge in [0.1, 0.15) is 6.04 Å². The molecule has 41 heavy (non-hydrogen) atoms. The number of carbonyl (C=O) groups is 3. The quantitative estimate of drug-likeness (QED) is 0.319. The zero-order chi connectivity index (χ0) is 28.9. The number of fused-ring (bicyclic) bond motifs is 3. The molecule has 0 radical (unpaired) electrons. The van der Waals surface area contributed by atoms with Gasteiger partial charge in [0, 0.05) is 48.2 Å². The van der Waals surface area contributed by atoms with Crippen LogP contribution in [0.25, 0.3) is 10.9 Å². The highest BCUT2D eigenvalue weighted by molar-refractivity contribution is 5.87. The minimum atomic E-state index is -1.15. The highest BCUT2D eigenvalue weighted by atomic mass is 17.3. The number of carboxylic acid groups (broad SMARTS) is 1. The van der Waals surface area contributed by atoms with Crippen molar-refractivity contribution in [3.63, 3.8) is 0 Å². The van der Waals surface area contributed by atoms with Crippen molar-refractivity contribution in [3.8, 4) is 0 Å². The van der Waals surface area contributed by atoms with Crippen LogP contribution >= 0.6 is 0 Å². The topological polar surface area (TPSA) is 145 Å². The molecule has 1 aromatic carbocycles. The van der Waals surface area contributed by atoms with Crippen molar-refractivity contribution in [2.45, 2.75) is 95.7 Å². The molecule has 4 saturated heterocycles. The second-order valence-corrected chi connectivity index (χ2v) is 12.3. The fraction of sp³-hybridized carbons (Fsp3) is 0.633. The summed E-state index contributed by atoms with van der Waals surface area (Å²) in [5.74, 6) is -2.78. The summed E-state index contributed by atoms with van der Waals surface area (Å²) in [6.07, 6.45) is 3.31. The van der Waals surface area contributed by atoms with Crippen LogP contribution in [0.1, 0.15) is 64.9 Å². The molecule has 11 nitrogen and oxygen atoms in total. The van der Waals surface area contributed by atoms with Gasteiger partial charge in [-0.2, -0.15) is 0 Å². The number of para-hydroxylation sites is 1. The van der Waals surface area contributed by atoms with Crippen LogP contribution in [0.2, 0.25) is 0 Å². The number of rotatable bonds is 8. The van der Waals surface area contributed by atoms with Gasteiger partial charge in [0.2, 0.25) is 18.0 Å².